The minimum absolute atomic E-state index is 0.160. The van der Waals surface area contributed by atoms with Crippen LogP contribution in [0.4, 0.5) is 0 Å². The number of rotatable bonds is 7. The standard InChI is InChI=1S/C22H23ClN4O4/c23-17-11-15(6-7-16(17)22(31)27-8-1-2-9-27)21(30)26-18(12-19(28)29)13-4-3-5-14(10-13)20(24)25/h3-7,10-11,18H,1-2,8-9,12H2,(H3,24,25)(H,26,30)(H,28,29). The normalized spacial score (nSPS) is 14.2. The molecule has 1 fully saturated rings. The molecule has 0 aromatic heterocycles. The molecule has 1 saturated heterocycles. The zero-order valence-electron chi connectivity index (χ0n) is 16.7. The fourth-order valence-electron chi connectivity index (χ4n) is 3.51. The molecule has 2 aromatic carbocycles. The van der Waals surface area contributed by atoms with Crippen LogP contribution < -0.4 is 11.1 Å². The van der Waals surface area contributed by atoms with Crippen LogP contribution >= 0.6 is 11.6 Å². The Morgan fingerprint density at radius 3 is 2.45 bits per heavy atom. The van der Waals surface area contributed by atoms with Crippen molar-refractivity contribution in [2.75, 3.05) is 13.1 Å². The lowest BCUT2D eigenvalue weighted by Crippen LogP contribution is -2.31. The van der Waals surface area contributed by atoms with Gasteiger partial charge in [-0.05, 0) is 42.7 Å². The number of carbonyl (C=O) groups is 3. The summed E-state index contributed by atoms with van der Waals surface area (Å²) in [5.41, 5.74) is 6.99. The van der Waals surface area contributed by atoms with E-state index < -0.39 is 17.9 Å². The molecule has 0 aliphatic carbocycles. The number of amidine groups is 1. The highest BCUT2D eigenvalue weighted by atomic mass is 35.5. The van der Waals surface area contributed by atoms with Crippen molar-refractivity contribution < 1.29 is 19.5 Å². The second-order valence-electron chi connectivity index (χ2n) is 7.36. The van der Waals surface area contributed by atoms with E-state index in [0.717, 1.165) is 12.8 Å². The van der Waals surface area contributed by atoms with E-state index in [0.29, 0.717) is 29.8 Å². The molecule has 162 valence electrons. The maximum Gasteiger partial charge on any atom is 0.305 e. The Morgan fingerprint density at radius 1 is 1.13 bits per heavy atom. The first kappa shape index (κ1) is 22.3. The van der Waals surface area contributed by atoms with Gasteiger partial charge in [0.1, 0.15) is 5.84 Å². The molecule has 0 spiro atoms. The Bertz CT molecular complexity index is 1030. The molecular formula is C22H23ClN4O4. The quantitative estimate of drug-likeness (QED) is 0.386. The van der Waals surface area contributed by atoms with E-state index in [9.17, 15) is 19.5 Å². The molecule has 0 bridgehead atoms. The number of carboxylic acid groups (broad SMARTS) is 1. The number of aliphatic carboxylic acids is 1. The van der Waals surface area contributed by atoms with Crippen LogP contribution in [0.15, 0.2) is 42.5 Å². The van der Waals surface area contributed by atoms with Crippen LogP contribution in [0, 0.1) is 5.41 Å². The van der Waals surface area contributed by atoms with Gasteiger partial charge < -0.3 is 21.1 Å². The molecule has 31 heavy (non-hydrogen) atoms. The smallest absolute Gasteiger partial charge is 0.305 e. The molecular weight excluding hydrogens is 420 g/mol. The number of likely N-dealkylation sites (tertiary alicyclic amines) is 1. The van der Waals surface area contributed by atoms with E-state index in [4.69, 9.17) is 22.7 Å². The number of nitrogens with zero attached hydrogens (tertiary/aromatic N) is 1. The van der Waals surface area contributed by atoms with E-state index in [2.05, 4.69) is 5.32 Å². The van der Waals surface area contributed by atoms with E-state index in [1.807, 2.05) is 0 Å². The van der Waals surface area contributed by atoms with Gasteiger partial charge >= 0.3 is 5.97 Å². The van der Waals surface area contributed by atoms with Crippen LogP contribution in [-0.2, 0) is 4.79 Å². The van der Waals surface area contributed by atoms with Crippen molar-refractivity contribution in [3.05, 3.63) is 69.7 Å². The highest BCUT2D eigenvalue weighted by molar-refractivity contribution is 6.34. The Labute approximate surface area is 184 Å². The Kier molecular flexibility index (Phi) is 6.91. The summed E-state index contributed by atoms with van der Waals surface area (Å²) in [5, 5.41) is 19.7. The molecule has 9 heteroatoms. The number of benzene rings is 2. The second kappa shape index (κ2) is 9.61. The summed E-state index contributed by atoms with van der Waals surface area (Å²) in [6.45, 7) is 1.38. The van der Waals surface area contributed by atoms with Crippen molar-refractivity contribution in [2.24, 2.45) is 5.73 Å². The predicted molar refractivity (Wildman–Crippen MR) is 117 cm³/mol. The highest BCUT2D eigenvalue weighted by Crippen LogP contribution is 2.23. The van der Waals surface area contributed by atoms with Gasteiger partial charge in [0.05, 0.1) is 23.0 Å². The number of hydrogen-bond donors (Lipinski definition) is 4. The summed E-state index contributed by atoms with van der Waals surface area (Å²) >= 11 is 6.28. The van der Waals surface area contributed by atoms with Crippen LogP contribution in [0.5, 0.6) is 0 Å². The average molecular weight is 443 g/mol. The summed E-state index contributed by atoms with van der Waals surface area (Å²) < 4.78 is 0. The van der Waals surface area contributed by atoms with Crippen LogP contribution in [0.25, 0.3) is 0 Å². The molecule has 0 saturated carbocycles. The molecule has 2 amide bonds. The topological polar surface area (TPSA) is 137 Å². The number of carboxylic acids is 1. The number of carbonyl (C=O) groups excluding carboxylic acids is 2. The van der Waals surface area contributed by atoms with Crippen molar-refractivity contribution >= 4 is 35.2 Å². The maximum absolute atomic E-state index is 12.8. The summed E-state index contributed by atoms with van der Waals surface area (Å²) in [4.78, 5) is 38.4. The molecule has 1 aliphatic rings. The van der Waals surface area contributed by atoms with Crippen LogP contribution in [0.1, 0.15) is 57.1 Å². The number of nitrogen functional groups attached to an aromatic ring is 1. The Balaban J connectivity index is 1.80. The molecule has 5 N–H and O–H groups in total. The SMILES string of the molecule is N=C(N)c1cccc(C(CC(=O)O)NC(=O)c2ccc(C(=O)N3CCCC3)c(Cl)c2)c1. The first-order chi connectivity index (χ1) is 14.8. The lowest BCUT2D eigenvalue weighted by Gasteiger charge is -2.19. The first-order valence-electron chi connectivity index (χ1n) is 9.82. The Morgan fingerprint density at radius 2 is 1.84 bits per heavy atom. The van der Waals surface area contributed by atoms with Gasteiger partial charge in [0.25, 0.3) is 11.8 Å². The fourth-order valence-corrected chi connectivity index (χ4v) is 3.77. The van der Waals surface area contributed by atoms with Gasteiger partial charge in [-0.15, -0.1) is 0 Å². The predicted octanol–water partition coefficient (Wildman–Crippen LogP) is 2.81. The number of halogens is 1. The van der Waals surface area contributed by atoms with Gasteiger partial charge in [-0.25, -0.2) is 0 Å². The molecule has 1 unspecified atom stereocenters. The zero-order chi connectivity index (χ0) is 22.5. The third kappa shape index (κ3) is 5.40. The number of hydrogen-bond acceptors (Lipinski definition) is 4. The van der Waals surface area contributed by atoms with Crippen molar-refractivity contribution in [1.82, 2.24) is 10.2 Å². The van der Waals surface area contributed by atoms with Crippen molar-refractivity contribution in [3.8, 4) is 0 Å². The molecule has 1 aliphatic heterocycles. The maximum atomic E-state index is 12.8. The van der Waals surface area contributed by atoms with Crippen LogP contribution in [0.3, 0.4) is 0 Å². The van der Waals surface area contributed by atoms with Gasteiger partial charge in [0.15, 0.2) is 0 Å². The lowest BCUT2D eigenvalue weighted by atomic mass is 10.00. The second-order valence-corrected chi connectivity index (χ2v) is 7.76. The van der Waals surface area contributed by atoms with Gasteiger partial charge in [-0.2, -0.15) is 0 Å². The third-order valence-electron chi connectivity index (χ3n) is 5.14. The average Bonchev–Trinajstić information content (AvgIpc) is 3.27. The van der Waals surface area contributed by atoms with Gasteiger partial charge in [0.2, 0.25) is 0 Å². The number of nitrogens with two attached hydrogens (primary N) is 1. The van der Waals surface area contributed by atoms with Gasteiger partial charge in [-0.1, -0.05) is 29.8 Å². The molecule has 1 atom stereocenters. The number of nitrogens with one attached hydrogen (secondary N) is 2. The summed E-state index contributed by atoms with van der Waals surface area (Å²) in [6, 6.07) is 10.1. The first-order valence-corrected chi connectivity index (χ1v) is 10.2. The molecule has 3 rings (SSSR count). The Hall–Kier alpha value is -3.39. The minimum Gasteiger partial charge on any atom is -0.481 e. The monoisotopic (exact) mass is 442 g/mol. The van der Waals surface area contributed by atoms with Crippen molar-refractivity contribution in [2.45, 2.75) is 25.3 Å². The van der Waals surface area contributed by atoms with Gasteiger partial charge in [-0.3, -0.25) is 19.8 Å². The largest absolute Gasteiger partial charge is 0.481 e. The summed E-state index contributed by atoms with van der Waals surface area (Å²) in [5.74, 6) is -1.95. The minimum atomic E-state index is -1.09. The van der Waals surface area contributed by atoms with E-state index in [-0.39, 0.29) is 28.7 Å². The molecule has 2 aromatic rings. The van der Waals surface area contributed by atoms with E-state index in [1.165, 1.54) is 18.2 Å². The van der Waals surface area contributed by atoms with Crippen LogP contribution in [0.2, 0.25) is 5.02 Å². The van der Waals surface area contributed by atoms with E-state index in [1.54, 1.807) is 29.2 Å². The number of amides is 2. The molecule has 0 radical (unpaired) electrons. The van der Waals surface area contributed by atoms with Crippen LogP contribution in [-0.4, -0.2) is 46.7 Å². The zero-order valence-corrected chi connectivity index (χ0v) is 17.5. The fraction of sp³-hybridized carbons (Fsp3) is 0.273. The lowest BCUT2D eigenvalue weighted by molar-refractivity contribution is -0.137. The summed E-state index contributed by atoms with van der Waals surface area (Å²) in [6.07, 6.45) is 1.56. The van der Waals surface area contributed by atoms with Gasteiger partial charge in [0, 0.05) is 24.2 Å². The third-order valence-corrected chi connectivity index (χ3v) is 5.45. The van der Waals surface area contributed by atoms with Crippen molar-refractivity contribution in [1.29, 1.82) is 5.41 Å². The molecule has 8 nitrogen and oxygen atoms in total. The highest BCUT2D eigenvalue weighted by Gasteiger charge is 2.24. The molecule has 1 heterocycles. The summed E-state index contributed by atoms with van der Waals surface area (Å²) in [7, 11) is 0. The van der Waals surface area contributed by atoms with Crippen molar-refractivity contribution in [3.63, 3.8) is 0 Å². The van der Waals surface area contributed by atoms with E-state index >= 15 is 0 Å².